The van der Waals surface area contributed by atoms with Gasteiger partial charge in [0, 0.05) is 23.2 Å². The molecule has 1 saturated heterocycles. The first-order valence-corrected chi connectivity index (χ1v) is 10.3. The molecule has 0 atom stereocenters. The lowest BCUT2D eigenvalue weighted by Crippen LogP contribution is -2.36. The Morgan fingerprint density at radius 1 is 1.15 bits per heavy atom. The van der Waals surface area contributed by atoms with Crippen LogP contribution in [0.1, 0.15) is 11.1 Å². The number of hydrogen-bond acceptors (Lipinski definition) is 4. The van der Waals surface area contributed by atoms with Crippen LogP contribution in [0.3, 0.4) is 0 Å². The Labute approximate surface area is 176 Å². The Kier molecular flexibility index (Phi) is 6.78. The van der Waals surface area contributed by atoms with Crippen LogP contribution in [0.15, 0.2) is 39.3 Å². The van der Waals surface area contributed by atoms with E-state index >= 15 is 0 Å². The lowest BCUT2D eigenvalue weighted by molar-refractivity contribution is -0.118. The predicted octanol–water partition coefficient (Wildman–Crippen LogP) is 4.68. The van der Waals surface area contributed by atoms with Gasteiger partial charge in [-0.05, 0) is 81.1 Å². The molecule has 144 valence electrons. The van der Waals surface area contributed by atoms with Crippen LogP contribution in [-0.2, 0) is 9.53 Å². The van der Waals surface area contributed by atoms with Gasteiger partial charge in [-0.25, -0.2) is 0 Å². The first kappa shape index (κ1) is 20.2. The van der Waals surface area contributed by atoms with E-state index < -0.39 is 0 Å². The second kappa shape index (κ2) is 9.08. The number of nitrogens with zero attached hydrogens (tertiary/aromatic N) is 1. The number of nitrogens with one attached hydrogen (secondary N) is 1. The summed E-state index contributed by atoms with van der Waals surface area (Å²) >= 11 is 7.10. The van der Waals surface area contributed by atoms with Crippen molar-refractivity contribution in [1.29, 1.82) is 0 Å². The van der Waals surface area contributed by atoms with Gasteiger partial charge in [-0.1, -0.05) is 6.07 Å². The molecule has 5 nitrogen and oxygen atoms in total. The average molecular weight is 498 g/mol. The molecule has 0 bridgehead atoms. The first-order valence-electron chi connectivity index (χ1n) is 8.75. The van der Waals surface area contributed by atoms with Gasteiger partial charge < -0.3 is 19.7 Å². The van der Waals surface area contributed by atoms with Gasteiger partial charge in [-0.2, -0.15) is 0 Å². The number of carbonyl (C=O) groups excluding carboxylic acids is 1. The van der Waals surface area contributed by atoms with Crippen molar-refractivity contribution in [2.75, 3.05) is 43.1 Å². The highest BCUT2D eigenvalue weighted by molar-refractivity contribution is 9.11. The van der Waals surface area contributed by atoms with Crippen LogP contribution in [0.25, 0.3) is 0 Å². The third-order valence-corrected chi connectivity index (χ3v) is 5.53. The maximum absolute atomic E-state index is 12.3. The first-order chi connectivity index (χ1) is 12.9. The summed E-state index contributed by atoms with van der Waals surface area (Å²) in [5.41, 5.74) is 3.97. The van der Waals surface area contributed by atoms with Crippen molar-refractivity contribution in [3.8, 4) is 5.75 Å². The van der Waals surface area contributed by atoms with E-state index in [0.717, 1.165) is 57.8 Å². The number of halogens is 2. The molecular formula is C20H22Br2N2O3. The van der Waals surface area contributed by atoms with Crippen LogP contribution < -0.4 is 15.0 Å². The van der Waals surface area contributed by atoms with Crippen molar-refractivity contribution >= 4 is 49.1 Å². The number of anilines is 2. The van der Waals surface area contributed by atoms with Gasteiger partial charge >= 0.3 is 0 Å². The normalized spacial score (nSPS) is 14.1. The molecule has 0 radical (unpaired) electrons. The van der Waals surface area contributed by atoms with E-state index in [-0.39, 0.29) is 12.5 Å². The number of aryl methyl sites for hydroxylation is 2. The Bertz CT molecular complexity index is 813. The van der Waals surface area contributed by atoms with Gasteiger partial charge in [-0.3, -0.25) is 4.79 Å². The Hall–Kier alpha value is -1.57. The molecule has 1 fully saturated rings. The molecular weight excluding hydrogens is 476 g/mol. The van der Waals surface area contributed by atoms with Gasteiger partial charge in [0.15, 0.2) is 6.61 Å². The molecule has 2 aromatic rings. The number of benzene rings is 2. The molecule has 27 heavy (non-hydrogen) atoms. The molecule has 0 spiro atoms. The van der Waals surface area contributed by atoms with Gasteiger partial charge in [0.1, 0.15) is 5.75 Å². The molecule has 1 aliphatic heterocycles. The van der Waals surface area contributed by atoms with Crippen molar-refractivity contribution in [3.63, 3.8) is 0 Å². The standard InChI is InChI=1S/C20H22Br2N2O3/c1-13-9-14(2)20(17(22)10-13)27-12-19(25)23-15-3-4-18(16(21)11-15)24-5-7-26-8-6-24/h3-4,9-11H,5-8,12H2,1-2H3,(H,23,25). The fraction of sp³-hybridized carbons (Fsp3) is 0.350. The molecule has 0 saturated carbocycles. The molecule has 2 aromatic carbocycles. The fourth-order valence-corrected chi connectivity index (χ4v) is 4.48. The minimum Gasteiger partial charge on any atom is -0.482 e. The van der Waals surface area contributed by atoms with Crippen molar-refractivity contribution < 1.29 is 14.3 Å². The molecule has 1 amide bonds. The predicted molar refractivity (Wildman–Crippen MR) is 115 cm³/mol. The highest BCUT2D eigenvalue weighted by atomic mass is 79.9. The summed E-state index contributed by atoms with van der Waals surface area (Å²) in [4.78, 5) is 14.5. The summed E-state index contributed by atoms with van der Waals surface area (Å²) in [6.45, 7) is 7.13. The van der Waals surface area contributed by atoms with Crippen LogP contribution in [0.5, 0.6) is 5.75 Å². The molecule has 7 heteroatoms. The summed E-state index contributed by atoms with van der Waals surface area (Å²) in [5.74, 6) is 0.493. The van der Waals surface area contributed by atoms with E-state index in [2.05, 4.69) is 42.1 Å². The van der Waals surface area contributed by atoms with Gasteiger partial charge in [0.25, 0.3) is 5.91 Å². The topological polar surface area (TPSA) is 50.8 Å². The maximum atomic E-state index is 12.3. The highest BCUT2D eigenvalue weighted by Gasteiger charge is 2.15. The molecule has 1 N–H and O–H groups in total. The van der Waals surface area contributed by atoms with E-state index in [4.69, 9.17) is 9.47 Å². The second-order valence-electron chi connectivity index (χ2n) is 6.50. The van der Waals surface area contributed by atoms with E-state index in [1.54, 1.807) is 0 Å². The van der Waals surface area contributed by atoms with Crippen molar-refractivity contribution in [2.45, 2.75) is 13.8 Å². The molecule has 0 aromatic heterocycles. The zero-order valence-corrected chi connectivity index (χ0v) is 18.5. The van der Waals surface area contributed by atoms with Crippen molar-refractivity contribution in [1.82, 2.24) is 0 Å². The quantitative estimate of drug-likeness (QED) is 0.651. The van der Waals surface area contributed by atoms with Gasteiger partial charge in [0.2, 0.25) is 0 Å². The van der Waals surface area contributed by atoms with Crippen molar-refractivity contribution in [2.24, 2.45) is 0 Å². The third kappa shape index (κ3) is 5.24. The lowest BCUT2D eigenvalue weighted by atomic mass is 10.1. The summed E-state index contributed by atoms with van der Waals surface area (Å²) in [6, 6.07) is 9.82. The van der Waals surface area contributed by atoms with Crippen LogP contribution >= 0.6 is 31.9 Å². The lowest BCUT2D eigenvalue weighted by Gasteiger charge is -2.29. The number of carbonyl (C=O) groups is 1. The number of rotatable bonds is 5. The Morgan fingerprint density at radius 2 is 1.89 bits per heavy atom. The summed E-state index contributed by atoms with van der Waals surface area (Å²) in [6.07, 6.45) is 0. The summed E-state index contributed by atoms with van der Waals surface area (Å²) < 4.78 is 12.9. The van der Waals surface area contributed by atoms with Crippen LogP contribution in [-0.4, -0.2) is 38.8 Å². The van der Waals surface area contributed by atoms with E-state index in [0.29, 0.717) is 5.75 Å². The zero-order valence-electron chi connectivity index (χ0n) is 15.4. The van der Waals surface area contributed by atoms with Crippen LogP contribution in [0, 0.1) is 13.8 Å². The van der Waals surface area contributed by atoms with E-state index in [1.807, 2.05) is 44.2 Å². The smallest absolute Gasteiger partial charge is 0.262 e. The number of hydrogen-bond donors (Lipinski definition) is 1. The molecule has 1 heterocycles. The summed E-state index contributed by atoms with van der Waals surface area (Å²) in [7, 11) is 0. The van der Waals surface area contributed by atoms with Crippen LogP contribution in [0.4, 0.5) is 11.4 Å². The Balaban J connectivity index is 1.60. The fourth-order valence-electron chi connectivity index (χ4n) is 3.07. The average Bonchev–Trinajstić information content (AvgIpc) is 2.61. The molecule has 0 aliphatic carbocycles. The number of ether oxygens (including phenoxy) is 2. The SMILES string of the molecule is Cc1cc(C)c(OCC(=O)Nc2ccc(N3CCOCC3)c(Br)c2)c(Br)c1. The maximum Gasteiger partial charge on any atom is 0.262 e. The third-order valence-electron chi connectivity index (χ3n) is 4.30. The zero-order chi connectivity index (χ0) is 19.4. The van der Waals surface area contributed by atoms with E-state index in [1.165, 1.54) is 0 Å². The monoisotopic (exact) mass is 496 g/mol. The minimum atomic E-state index is -0.201. The highest BCUT2D eigenvalue weighted by Crippen LogP contribution is 2.31. The largest absolute Gasteiger partial charge is 0.482 e. The summed E-state index contributed by atoms with van der Waals surface area (Å²) in [5, 5.41) is 2.88. The number of morpholine rings is 1. The van der Waals surface area contributed by atoms with Gasteiger partial charge in [0.05, 0.1) is 23.4 Å². The van der Waals surface area contributed by atoms with Crippen molar-refractivity contribution in [3.05, 3.63) is 50.4 Å². The second-order valence-corrected chi connectivity index (χ2v) is 8.20. The van der Waals surface area contributed by atoms with E-state index in [9.17, 15) is 4.79 Å². The van der Waals surface area contributed by atoms with Crippen LogP contribution in [0.2, 0.25) is 0 Å². The molecule has 3 rings (SSSR count). The molecule has 1 aliphatic rings. The minimum absolute atomic E-state index is 0.0503. The number of amides is 1. The molecule has 0 unspecified atom stereocenters. The van der Waals surface area contributed by atoms with Gasteiger partial charge in [-0.15, -0.1) is 0 Å². The Morgan fingerprint density at radius 3 is 2.56 bits per heavy atom.